The maximum atomic E-state index is 2.37. The summed E-state index contributed by atoms with van der Waals surface area (Å²) >= 11 is 0. The second-order valence-electron chi connectivity index (χ2n) is 10.1. The zero-order chi connectivity index (χ0) is 24.4. The van der Waals surface area contributed by atoms with Crippen molar-refractivity contribution in [1.29, 1.82) is 0 Å². The molecule has 1 heteroatoms. The van der Waals surface area contributed by atoms with Crippen molar-refractivity contribution in [3.05, 3.63) is 91.0 Å². The predicted octanol–water partition coefficient (Wildman–Crippen LogP) is 9.46. The van der Waals surface area contributed by atoms with Gasteiger partial charge in [-0.15, -0.1) is 0 Å². The Hall–Kier alpha value is -1.91. The van der Waals surface area contributed by atoms with Gasteiger partial charge in [0.1, 0.15) is 0 Å². The van der Waals surface area contributed by atoms with E-state index >= 15 is 0 Å². The van der Waals surface area contributed by atoms with Gasteiger partial charge in [0.05, 0.1) is 0 Å². The van der Waals surface area contributed by atoms with E-state index in [0.29, 0.717) is 0 Å². The quantitative estimate of drug-likeness (QED) is 0.124. The third kappa shape index (κ3) is 8.91. The Morgan fingerprint density at radius 3 is 0.971 bits per heavy atom. The summed E-state index contributed by atoms with van der Waals surface area (Å²) in [5, 5.41) is 4.56. The molecule has 0 aliphatic rings. The first-order valence-corrected chi connectivity index (χ1v) is 16.4. The molecule has 0 saturated heterocycles. The molecule has 0 N–H and O–H groups in total. The highest BCUT2D eigenvalue weighted by Gasteiger charge is 2.33. The molecular weight excluding hydrogens is 439 g/mol. The van der Waals surface area contributed by atoms with Crippen LogP contribution in [0.2, 0.25) is 0 Å². The number of hydrogen-bond acceptors (Lipinski definition) is 0. The van der Waals surface area contributed by atoms with Crippen LogP contribution in [0.3, 0.4) is 0 Å². The van der Waals surface area contributed by atoms with Gasteiger partial charge in [-0.2, -0.15) is 0 Å². The highest BCUT2D eigenvalue weighted by atomic mass is 31.2. The van der Waals surface area contributed by atoms with Crippen LogP contribution in [0.1, 0.15) is 96.8 Å². The smallest absolute Gasteiger partial charge is 0.0196 e. The molecule has 3 rings (SSSR count). The lowest BCUT2D eigenvalue weighted by molar-refractivity contribution is 0.538. The van der Waals surface area contributed by atoms with Gasteiger partial charge in [-0.1, -0.05) is 181 Å². The summed E-state index contributed by atoms with van der Waals surface area (Å²) in [6.07, 6.45) is 21.0. The van der Waals surface area contributed by atoms with Crippen molar-refractivity contribution in [3.8, 4) is 0 Å². The van der Waals surface area contributed by atoms with E-state index in [1.54, 1.807) is 0 Å². The van der Waals surface area contributed by atoms with Gasteiger partial charge in [0.2, 0.25) is 0 Å². The Balaban J connectivity index is 1.49. The zero-order valence-corrected chi connectivity index (χ0v) is 23.1. The average molecular weight is 488 g/mol. The third-order valence-corrected chi connectivity index (χ3v) is 12.0. The number of rotatable bonds is 18. The van der Waals surface area contributed by atoms with Gasteiger partial charge in [-0.05, 0) is 35.8 Å². The maximum absolute atomic E-state index is 2.37. The van der Waals surface area contributed by atoms with Crippen LogP contribution in [0, 0.1) is 0 Å². The van der Waals surface area contributed by atoms with Gasteiger partial charge < -0.3 is 0 Å². The van der Waals surface area contributed by atoms with Crippen molar-refractivity contribution in [2.45, 2.75) is 96.8 Å². The molecule has 0 nitrogen and oxygen atoms in total. The minimum atomic E-state index is -1.64. The number of hydrogen-bond donors (Lipinski definition) is 0. The summed E-state index contributed by atoms with van der Waals surface area (Å²) in [7, 11) is -1.64. The van der Waals surface area contributed by atoms with Crippen molar-refractivity contribution < 1.29 is 0 Å². The van der Waals surface area contributed by atoms with E-state index < -0.39 is 7.26 Å². The SMILES string of the molecule is CCCCCCCCCCCCCCCC[P](c1ccccc1)(c1ccccc1)c1ccccc1. The molecule has 0 bridgehead atoms. The number of benzene rings is 3. The van der Waals surface area contributed by atoms with Crippen LogP contribution >= 0.6 is 7.26 Å². The van der Waals surface area contributed by atoms with Gasteiger partial charge in [0.25, 0.3) is 0 Å². The first-order chi connectivity index (χ1) is 17.4. The second-order valence-corrected chi connectivity index (χ2v) is 13.8. The van der Waals surface area contributed by atoms with E-state index in [9.17, 15) is 0 Å². The van der Waals surface area contributed by atoms with Crippen LogP contribution < -0.4 is 15.9 Å². The Bertz CT molecular complexity index is 791. The molecule has 0 heterocycles. The van der Waals surface area contributed by atoms with E-state index in [0.717, 1.165) is 0 Å². The van der Waals surface area contributed by atoms with Crippen molar-refractivity contribution in [1.82, 2.24) is 0 Å². The molecule has 189 valence electrons. The van der Waals surface area contributed by atoms with E-state index in [-0.39, 0.29) is 0 Å². The van der Waals surface area contributed by atoms with Crippen molar-refractivity contribution in [3.63, 3.8) is 0 Å². The normalized spacial score (nSPS) is 11.6. The lowest BCUT2D eigenvalue weighted by atomic mass is 10.0. The number of unbranched alkanes of at least 4 members (excludes halogenated alkanes) is 13. The molecule has 0 unspecified atom stereocenters. The summed E-state index contributed by atoms with van der Waals surface area (Å²) in [5.74, 6) is 0. The molecule has 0 atom stereocenters. The highest BCUT2D eigenvalue weighted by molar-refractivity contribution is 7.95. The lowest BCUT2D eigenvalue weighted by Gasteiger charge is -2.38. The van der Waals surface area contributed by atoms with Crippen LogP contribution in [0.15, 0.2) is 91.0 Å². The van der Waals surface area contributed by atoms with E-state index in [4.69, 9.17) is 0 Å². The third-order valence-electron chi connectivity index (χ3n) is 7.44. The molecule has 3 aromatic rings. The summed E-state index contributed by atoms with van der Waals surface area (Å²) in [4.78, 5) is 0. The van der Waals surface area contributed by atoms with Gasteiger partial charge in [-0.3, -0.25) is 0 Å². The standard InChI is InChI=1S/C34H48P/c1-2-3-4-5-6-7-8-9-10-11-12-13-14-24-31-35(32-25-18-15-19-26-32,33-27-20-16-21-28-33)34-29-22-17-23-30-34/h15-23,25-30H,2-14,24,31H2,1H3. The minimum absolute atomic E-state index is 1.27. The minimum Gasteiger partial charge on any atom is -0.0654 e. The van der Waals surface area contributed by atoms with E-state index in [1.165, 1.54) is 112 Å². The molecule has 0 aromatic heterocycles. The molecule has 0 saturated carbocycles. The molecule has 0 amide bonds. The first kappa shape index (κ1) is 27.7. The van der Waals surface area contributed by atoms with Gasteiger partial charge in [0, 0.05) is 0 Å². The summed E-state index contributed by atoms with van der Waals surface area (Å²) in [5.41, 5.74) is 0. The van der Waals surface area contributed by atoms with E-state index in [2.05, 4.69) is 97.9 Å². The molecule has 0 spiro atoms. The van der Waals surface area contributed by atoms with Gasteiger partial charge in [0.15, 0.2) is 0 Å². The monoisotopic (exact) mass is 487 g/mol. The fourth-order valence-corrected chi connectivity index (χ4v) is 9.84. The lowest BCUT2D eigenvalue weighted by Crippen LogP contribution is -2.33. The molecule has 0 aliphatic heterocycles. The molecule has 1 radical (unpaired) electrons. The van der Waals surface area contributed by atoms with Gasteiger partial charge in [-0.25, -0.2) is 0 Å². The molecule has 35 heavy (non-hydrogen) atoms. The van der Waals surface area contributed by atoms with Crippen LogP contribution in [-0.2, 0) is 0 Å². The molecule has 3 aromatic carbocycles. The summed E-state index contributed by atoms with van der Waals surface area (Å²) < 4.78 is 0. The Morgan fingerprint density at radius 2 is 0.657 bits per heavy atom. The van der Waals surface area contributed by atoms with Crippen molar-refractivity contribution in [2.24, 2.45) is 0 Å². The fourth-order valence-electron chi connectivity index (χ4n) is 5.43. The topological polar surface area (TPSA) is 0 Å². The fraction of sp³-hybridized carbons (Fsp3) is 0.471. The van der Waals surface area contributed by atoms with Crippen LogP contribution in [0.4, 0.5) is 0 Å². The second kappa shape index (κ2) is 16.7. The maximum Gasteiger partial charge on any atom is -0.0196 e. The van der Waals surface area contributed by atoms with Crippen LogP contribution in [-0.4, -0.2) is 6.16 Å². The largest absolute Gasteiger partial charge is 0.0654 e. The Kier molecular flexibility index (Phi) is 13.2. The zero-order valence-electron chi connectivity index (χ0n) is 22.2. The average Bonchev–Trinajstić information content (AvgIpc) is 2.93. The molecule has 0 aliphatic carbocycles. The molecule has 0 fully saturated rings. The Labute approximate surface area is 216 Å². The van der Waals surface area contributed by atoms with Gasteiger partial charge >= 0.3 is 0 Å². The van der Waals surface area contributed by atoms with E-state index in [1.807, 2.05) is 0 Å². The molecular formula is C34H48P. The van der Waals surface area contributed by atoms with Crippen LogP contribution in [0.25, 0.3) is 0 Å². The first-order valence-electron chi connectivity index (χ1n) is 14.4. The van der Waals surface area contributed by atoms with Crippen LogP contribution in [0.5, 0.6) is 0 Å². The summed E-state index contributed by atoms with van der Waals surface area (Å²) in [6.45, 7) is 2.30. The predicted molar refractivity (Wildman–Crippen MR) is 160 cm³/mol. The highest BCUT2D eigenvalue weighted by Crippen LogP contribution is 2.56. The Morgan fingerprint density at radius 1 is 0.371 bits per heavy atom. The van der Waals surface area contributed by atoms with Crippen molar-refractivity contribution >= 4 is 23.2 Å². The summed E-state index contributed by atoms with van der Waals surface area (Å²) in [6, 6.07) is 34.0. The van der Waals surface area contributed by atoms with Crippen molar-refractivity contribution in [2.75, 3.05) is 6.16 Å².